The van der Waals surface area contributed by atoms with E-state index in [2.05, 4.69) is 45.6 Å². The lowest BCUT2D eigenvalue weighted by Crippen LogP contribution is -2.51. The van der Waals surface area contributed by atoms with Crippen molar-refractivity contribution in [3.63, 3.8) is 0 Å². The average molecular weight is 405 g/mol. The van der Waals surface area contributed by atoms with Gasteiger partial charge in [-0.3, -0.25) is 9.89 Å². The maximum atomic E-state index is 6.03. The third-order valence-electron chi connectivity index (χ3n) is 5.60. The molecule has 0 aromatic heterocycles. The van der Waals surface area contributed by atoms with E-state index in [4.69, 9.17) is 14.2 Å². The summed E-state index contributed by atoms with van der Waals surface area (Å²) < 4.78 is 17.1. The number of hydrogen-bond acceptors (Lipinski definition) is 5. The topological polar surface area (TPSA) is 67.4 Å². The minimum absolute atomic E-state index is 0.210. The monoisotopic (exact) mass is 404 g/mol. The van der Waals surface area contributed by atoms with Crippen LogP contribution in [0.4, 0.5) is 0 Å². The van der Waals surface area contributed by atoms with Crippen LogP contribution in [-0.4, -0.2) is 76.6 Å². The quantitative estimate of drug-likeness (QED) is 0.373. The Labute approximate surface area is 174 Å². The molecule has 2 unspecified atom stereocenters. The number of nitrogens with zero attached hydrogens (tertiary/aromatic N) is 2. The second-order valence-corrected chi connectivity index (χ2v) is 7.86. The fourth-order valence-corrected chi connectivity index (χ4v) is 3.95. The number of methoxy groups -OCH3 is 1. The molecule has 2 atom stereocenters. The van der Waals surface area contributed by atoms with E-state index in [-0.39, 0.29) is 6.10 Å². The number of ether oxygens (including phenoxy) is 3. The number of hydrogen-bond donors (Lipinski definition) is 2. The lowest BCUT2D eigenvalue weighted by molar-refractivity contribution is -0.0453. The van der Waals surface area contributed by atoms with Crippen molar-refractivity contribution in [3.05, 3.63) is 29.3 Å². The van der Waals surface area contributed by atoms with E-state index in [0.29, 0.717) is 25.8 Å². The fraction of sp³-hybridized carbons (Fsp3) is 0.682. The van der Waals surface area contributed by atoms with Crippen molar-refractivity contribution in [2.75, 3.05) is 53.6 Å². The Balaban J connectivity index is 1.46. The molecule has 2 saturated heterocycles. The molecule has 2 heterocycles. The molecule has 3 rings (SSSR count). The molecular formula is C22H36N4O3. The van der Waals surface area contributed by atoms with Crippen molar-refractivity contribution in [1.82, 2.24) is 15.5 Å². The molecule has 2 aliphatic heterocycles. The zero-order chi connectivity index (χ0) is 20.5. The zero-order valence-corrected chi connectivity index (χ0v) is 18.1. The third-order valence-corrected chi connectivity index (χ3v) is 5.60. The highest BCUT2D eigenvalue weighted by molar-refractivity contribution is 5.79. The molecule has 2 fully saturated rings. The smallest absolute Gasteiger partial charge is 0.191 e. The summed E-state index contributed by atoms with van der Waals surface area (Å²) in [5, 5.41) is 6.81. The Bertz CT molecular complexity index is 667. The normalized spacial score (nSPS) is 22.4. The summed E-state index contributed by atoms with van der Waals surface area (Å²) in [6.45, 7) is 7.91. The van der Waals surface area contributed by atoms with Gasteiger partial charge in [0, 0.05) is 58.4 Å². The van der Waals surface area contributed by atoms with Crippen LogP contribution in [0.5, 0.6) is 5.75 Å². The minimum atomic E-state index is 0.210. The van der Waals surface area contributed by atoms with Gasteiger partial charge in [0.05, 0.1) is 19.3 Å². The molecule has 1 aromatic carbocycles. The number of nitrogens with one attached hydrogen (secondary N) is 2. The van der Waals surface area contributed by atoms with Crippen LogP contribution in [0.25, 0.3) is 0 Å². The van der Waals surface area contributed by atoms with Crippen molar-refractivity contribution >= 4 is 5.96 Å². The first-order valence-electron chi connectivity index (χ1n) is 10.7. The number of benzene rings is 1. The maximum absolute atomic E-state index is 6.03. The van der Waals surface area contributed by atoms with Gasteiger partial charge in [0.25, 0.3) is 0 Å². The van der Waals surface area contributed by atoms with Crippen molar-refractivity contribution in [3.8, 4) is 5.75 Å². The van der Waals surface area contributed by atoms with Crippen LogP contribution in [-0.2, 0) is 16.0 Å². The summed E-state index contributed by atoms with van der Waals surface area (Å²) in [5.41, 5.74) is 2.30. The van der Waals surface area contributed by atoms with Crippen LogP contribution in [0.15, 0.2) is 23.2 Å². The largest absolute Gasteiger partial charge is 0.493 e. The first-order valence-corrected chi connectivity index (χ1v) is 10.7. The summed E-state index contributed by atoms with van der Waals surface area (Å²) in [6, 6.07) is 6.94. The SMILES string of the molecule is CN=C(NCc1ccc(C)cc1OCCCOC)NCC1CN2CCCC2CO1. The van der Waals surface area contributed by atoms with Gasteiger partial charge in [-0.25, -0.2) is 0 Å². The molecule has 0 spiro atoms. The Morgan fingerprint density at radius 3 is 3.03 bits per heavy atom. The summed E-state index contributed by atoms with van der Waals surface area (Å²) in [6.07, 6.45) is 3.65. The first-order chi connectivity index (χ1) is 14.2. The third kappa shape index (κ3) is 6.59. The average Bonchev–Trinajstić information content (AvgIpc) is 3.20. The van der Waals surface area contributed by atoms with Gasteiger partial charge in [0.2, 0.25) is 0 Å². The van der Waals surface area contributed by atoms with Gasteiger partial charge in [-0.05, 0) is 37.9 Å². The van der Waals surface area contributed by atoms with E-state index in [1.807, 2.05) is 0 Å². The van der Waals surface area contributed by atoms with Gasteiger partial charge in [0.15, 0.2) is 5.96 Å². The highest BCUT2D eigenvalue weighted by atomic mass is 16.5. The van der Waals surface area contributed by atoms with Crippen molar-refractivity contribution in [1.29, 1.82) is 0 Å². The standard InChI is InChI=1S/C22H36N4O3/c1-17-7-8-18(21(12-17)28-11-5-10-27-3)13-24-22(23-2)25-14-20-15-26-9-4-6-19(26)16-29-20/h7-8,12,19-20H,4-6,9-11,13-16H2,1-3H3,(H2,23,24,25). The van der Waals surface area contributed by atoms with Gasteiger partial charge >= 0.3 is 0 Å². The van der Waals surface area contributed by atoms with E-state index in [0.717, 1.165) is 43.4 Å². The molecule has 2 aliphatic rings. The van der Waals surface area contributed by atoms with Gasteiger partial charge in [-0.15, -0.1) is 0 Å². The lowest BCUT2D eigenvalue weighted by Gasteiger charge is -2.35. The van der Waals surface area contributed by atoms with Crippen LogP contribution in [0, 0.1) is 6.92 Å². The van der Waals surface area contributed by atoms with E-state index >= 15 is 0 Å². The number of rotatable bonds is 9. The Hall–Kier alpha value is -1.83. The number of guanidine groups is 1. The van der Waals surface area contributed by atoms with Crippen molar-refractivity contribution in [2.24, 2.45) is 4.99 Å². The molecule has 2 N–H and O–H groups in total. The maximum Gasteiger partial charge on any atom is 0.191 e. The Morgan fingerprint density at radius 1 is 1.31 bits per heavy atom. The summed E-state index contributed by atoms with van der Waals surface area (Å²) in [4.78, 5) is 6.92. The molecule has 7 heteroatoms. The van der Waals surface area contributed by atoms with Crippen LogP contribution in [0.3, 0.4) is 0 Å². The van der Waals surface area contributed by atoms with Crippen LogP contribution >= 0.6 is 0 Å². The fourth-order valence-electron chi connectivity index (χ4n) is 3.95. The van der Waals surface area contributed by atoms with Crippen molar-refractivity contribution < 1.29 is 14.2 Å². The summed E-state index contributed by atoms with van der Waals surface area (Å²) in [7, 11) is 3.51. The number of fused-ring (bicyclic) bond motifs is 1. The molecule has 0 aliphatic carbocycles. The zero-order valence-electron chi connectivity index (χ0n) is 18.1. The molecule has 0 bridgehead atoms. The molecular weight excluding hydrogens is 368 g/mol. The number of aliphatic imine (C=N–C) groups is 1. The van der Waals surface area contributed by atoms with E-state index in [9.17, 15) is 0 Å². The second kappa shape index (κ2) is 11.4. The van der Waals surface area contributed by atoms with Crippen LogP contribution in [0.1, 0.15) is 30.4 Å². The molecule has 0 radical (unpaired) electrons. The van der Waals surface area contributed by atoms with Gasteiger partial charge in [-0.1, -0.05) is 12.1 Å². The second-order valence-electron chi connectivity index (χ2n) is 7.86. The van der Waals surface area contributed by atoms with Crippen LogP contribution < -0.4 is 15.4 Å². The minimum Gasteiger partial charge on any atom is -0.493 e. The Morgan fingerprint density at radius 2 is 2.21 bits per heavy atom. The van der Waals surface area contributed by atoms with Crippen LogP contribution in [0.2, 0.25) is 0 Å². The van der Waals surface area contributed by atoms with E-state index in [1.165, 1.54) is 24.9 Å². The first kappa shape index (κ1) is 21.9. The highest BCUT2D eigenvalue weighted by Gasteiger charge is 2.32. The van der Waals surface area contributed by atoms with Gasteiger partial charge in [0.1, 0.15) is 5.75 Å². The molecule has 162 valence electrons. The predicted molar refractivity (Wildman–Crippen MR) is 116 cm³/mol. The van der Waals surface area contributed by atoms with E-state index < -0.39 is 0 Å². The molecule has 0 saturated carbocycles. The highest BCUT2D eigenvalue weighted by Crippen LogP contribution is 2.22. The lowest BCUT2D eigenvalue weighted by atomic mass is 10.1. The molecule has 0 amide bonds. The number of aryl methyl sites for hydroxylation is 1. The predicted octanol–water partition coefficient (Wildman–Crippen LogP) is 1.94. The summed E-state index contributed by atoms with van der Waals surface area (Å²) >= 11 is 0. The molecule has 1 aromatic rings. The van der Waals surface area contributed by atoms with Crippen molar-refractivity contribution in [2.45, 2.75) is 44.9 Å². The number of morpholine rings is 1. The molecule has 29 heavy (non-hydrogen) atoms. The Kier molecular flexibility index (Phi) is 8.58. The van der Waals surface area contributed by atoms with Gasteiger partial charge in [-0.2, -0.15) is 0 Å². The van der Waals surface area contributed by atoms with Gasteiger partial charge < -0.3 is 24.8 Å². The molecule has 7 nitrogen and oxygen atoms in total. The van der Waals surface area contributed by atoms with E-state index in [1.54, 1.807) is 14.2 Å². The summed E-state index contributed by atoms with van der Waals surface area (Å²) in [5.74, 6) is 1.70.